The zero-order chi connectivity index (χ0) is 25.6. The van der Waals surface area contributed by atoms with Crippen molar-refractivity contribution in [2.24, 2.45) is 17.3 Å². The minimum atomic E-state index is -4.36. The van der Waals surface area contributed by atoms with Gasteiger partial charge in [0.2, 0.25) is 0 Å². The van der Waals surface area contributed by atoms with Gasteiger partial charge in [0, 0.05) is 17.8 Å². The summed E-state index contributed by atoms with van der Waals surface area (Å²) < 4.78 is 39.0. The predicted molar refractivity (Wildman–Crippen MR) is 126 cm³/mol. The summed E-state index contributed by atoms with van der Waals surface area (Å²) in [4.78, 5) is 15.0. The maximum Gasteiger partial charge on any atom is 0.412 e. The van der Waals surface area contributed by atoms with Gasteiger partial charge in [0.25, 0.3) is 5.91 Å². The van der Waals surface area contributed by atoms with Gasteiger partial charge >= 0.3 is 6.18 Å². The van der Waals surface area contributed by atoms with E-state index >= 15 is 0 Å². The summed E-state index contributed by atoms with van der Waals surface area (Å²) >= 11 is 0. The van der Waals surface area contributed by atoms with Gasteiger partial charge in [-0.1, -0.05) is 25.5 Å². The normalized spacial score (nSPS) is 21.6. The number of hydrazine groups is 1. The second-order valence-corrected chi connectivity index (χ2v) is 8.61. The first kappa shape index (κ1) is 27.5. The molecule has 0 unspecified atom stereocenters. The molecule has 0 bridgehead atoms. The molecule has 1 aliphatic carbocycles. The molecule has 0 aromatic carbocycles. The number of rotatable bonds is 8. The number of aliphatic hydroxyl groups is 1. The van der Waals surface area contributed by atoms with Gasteiger partial charge in [0.15, 0.2) is 0 Å². The molecule has 7 N–H and O–H groups in total. The highest BCUT2D eigenvalue weighted by Gasteiger charge is 2.38. The summed E-state index contributed by atoms with van der Waals surface area (Å²) in [5.74, 6) is 6.11. The lowest BCUT2D eigenvalue weighted by atomic mass is 9.94. The number of aliphatic hydroxyl groups excluding tert-OH is 1. The number of carbonyl (C=O) groups is 1. The third-order valence-electron chi connectivity index (χ3n) is 6.35. The number of nitrogens with zero attached hydrogens (tertiary/aromatic N) is 2. The van der Waals surface area contributed by atoms with Crippen LogP contribution in [0.15, 0.2) is 57.7 Å². The van der Waals surface area contributed by atoms with Crippen molar-refractivity contribution in [3.05, 3.63) is 57.7 Å². The summed E-state index contributed by atoms with van der Waals surface area (Å²) in [6, 6.07) is -0.211. The van der Waals surface area contributed by atoms with E-state index in [4.69, 9.17) is 17.3 Å². The molecule has 7 nitrogen and oxygen atoms in total. The molecule has 0 aromatic heterocycles. The first-order valence-corrected chi connectivity index (χ1v) is 11.5. The van der Waals surface area contributed by atoms with Crippen molar-refractivity contribution in [1.29, 1.82) is 0 Å². The van der Waals surface area contributed by atoms with Gasteiger partial charge < -0.3 is 26.5 Å². The fourth-order valence-electron chi connectivity index (χ4n) is 4.35. The second kappa shape index (κ2) is 11.6. The van der Waals surface area contributed by atoms with Gasteiger partial charge in [0.1, 0.15) is 5.70 Å². The Bertz CT molecular complexity index is 927. The molecule has 1 atom stereocenters. The molecule has 0 aromatic rings. The fourth-order valence-corrected chi connectivity index (χ4v) is 4.35. The standard InChI is InChI=1S/C24H36F3N5O2/c1-4-16(18(14-33)12-21(28)29)6-7-17(5-2)22-23(34)31(13-15(3)32(22)30)20-10-8-19(9-11-20)24(25,26)27/h8,10,12,15,33H,4-7,9,11,13-14,28-30H2,1-3H3/b18-16-,22-17+/t15-/m0/s1. The van der Waals surface area contributed by atoms with Crippen molar-refractivity contribution in [1.82, 2.24) is 9.91 Å². The maximum atomic E-state index is 13.5. The van der Waals surface area contributed by atoms with Crippen LogP contribution < -0.4 is 17.3 Å². The average Bonchev–Trinajstić information content (AvgIpc) is 2.78. The highest BCUT2D eigenvalue weighted by atomic mass is 19.4. The van der Waals surface area contributed by atoms with Crippen molar-refractivity contribution < 1.29 is 23.1 Å². The molecule has 0 spiro atoms. The summed E-state index contributed by atoms with van der Waals surface area (Å²) in [5, 5.41) is 11.2. The van der Waals surface area contributed by atoms with Crippen molar-refractivity contribution in [3.63, 3.8) is 0 Å². The van der Waals surface area contributed by atoms with Crippen LogP contribution >= 0.6 is 0 Å². The molecule has 1 fully saturated rings. The van der Waals surface area contributed by atoms with E-state index in [1.165, 1.54) is 11.1 Å². The fraction of sp³-hybridized carbons (Fsp3) is 0.542. The zero-order valence-corrected chi connectivity index (χ0v) is 20.1. The predicted octanol–water partition coefficient (Wildman–Crippen LogP) is 3.46. The summed E-state index contributed by atoms with van der Waals surface area (Å²) in [6.45, 7) is 5.88. The Morgan fingerprint density at radius 1 is 1.18 bits per heavy atom. The number of allylic oxidation sites excluding steroid dienone is 6. The molecule has 1 amide bonds. The van der Waals surface area contributed by atoms with Crippen LogP contribution in [0.1, 0.15) is 59.3 Å². The zero-order valence-electron chi connectivity index (χ0n) is 20.1. The van der Waals surface area contributed by atoms with Crippen LogP contribution in [0.3, 0.4) is 0 Å². The highest BCUT2D eigenvalue weighted by molar-refractivity contribution is 5.95. The SMILES string of the molecule is CC/C(CC/C(CC)=C1\C(=O)N(C2=CC=C(C(F)(F)F)CC2)C[C@H](C)N1N)=C(\C=C(N)N)CO. The molecule has 2 aliphatic rings. The first-order chi connectivity index (χ1) is 15.9. The van der Waals surface area contributed by atoms with E-state index in [1.54, 1.807) is 11.0 Å². The van der Waals surface area contributed by atoms with E-state index in [0.29, 0.717) is 49.2 Å². The van der Waals surface area contributed by atoms with Gasteiger partial charge in [-0.25, -0.2) is 5.84 Å². The van der Waals surface area contributed by atoms with E-state index in [-0.39, 0.29) is 37.2 Å². The smallest absolute Gasteiger partial charge is 0.392 e. The number of halogens is 3. The molecule has 1 saturated heterocycles. The maximum absolute atomic E-state index is 13.5. The molecular formula is C24H36F3N5O2. The van der Waals surface area contributed by atoms with Gasteiger partial charge in [0.05, 0.1) is 18.5 Å². The van der Waals surface area contributed by atoms with E-state index in [9.17, 15) is 23.1 Å². The number of nitrogens with two attached hydrogens (primary N) is 3. The summed E-state index contributed by atoms with van der Waals surface area (Å²) in [5.41, 5.74) is 14.0. The van der Waals surface area contributed by atoms with Crippen LogP contribution in [0.2, 0.25) is 0 Å². The van der Waals surface area contributed by atoms with E-state index in [0.717, 1.165) is 17.2 Å². The lowest BCUT2D eigenvalue weighted by Crippen LogP contribution is -2.56. The number of hydrogen-bond acceptors (Lipinski definition) is 6. The van der Waals surface area contributed by atoms with Gasteiger partial charge in [-0.15, -0.1) is 0 Å². The van der Waals surface area contributed by atoms with Crippen LogP contribution in [0.5, 0.6) is 0 Å². The summed E-state index contributed by atoms with van der Waals surface area (Å²) in [7, 11) is 0. The van der Waals surface area contributed by atoms with Crippen molar-refractivity contribution in [3.8, 4) is 0 Å². The largest absolute Gasteiger partial charge is 0.412 e. The van der Waals surface area contributed by atoms with Crippen molar-refractivity contribution in [2.45, 2.75) is 71.5 Å². The second-order valence-electron chi connectivity index (χ2n) is 8.61. The van der Waals surface area contributed by atoms with E-state index in [1.807, 2.05) is 20.8 Å². The minimum absolute atomic E-state index is 0.104. The van der Waals surface area contributed by atoms with E-state index < -0.39 is 11.7 Å². The molecule has 190 valence electrons. The Balaban J connectivity index is 2.38. The Morgan fingerprint density at radius 3 is 2.32 bits per heavy atom. The molecule has 1 aliphatic heterocycles. The lowest BCUT2D eigenvalue weighted by molar-refractivity contribution is -0.131. The van der Waals surface area contributed by atoms with Crippen LogP contribution in [-0.4, -0.2) is 46.3 Å². The minimum Gasteiger partial charge on any atom is -0.392 e. The number of alkyl halides is 3. The molecule has 2 rings (SSSR count). The van der Waals surface area contributed by atoms with Crippen LogP contribution in [0.25, 0.3) is 0 Å². The monoisotopic (exact) mass is 483 g/mol. The van der Waals surface area contributed by atoms with Crippen LogP contribution in [0, 0.1) is 0 Å². The van der Waals surface area contributed by atoms with Gasteiger partial charge in [-0.05, 0) is 68.7 Å². The van der Waals surface area contributed by atoms with Crippen molar-refractivity contribution in [2.75, 3.05) is 13.2 Å². The number of hydrogen-bond donors (Lipinski definition) is 4. The average molecular weight is 484 g/mol. The van der Waals surface area contributed by atoms with Gasteiger partial charge in [-0.2, -0.15) is 13.2 Å². The molecule has 1 heterocycles. The third kappa shape index (κ3) is 6.44. The third-order valence-corrected chi connectivity index (χ3v) is 6.35. The molecule has 10 heteroatoms. The van der Waals surface area contributed by atoms with Crippen molar-refractivity contribution >= 4 is 5.91 Å². The quantitative estimate of drug-likeness (QED) is 0.238. The Labute approximate surface area is 199 Å². The topological polar surface area (TPSA) is 122 Å². The molecule has 0 radical (unpaired) electrons. The Hall–Kier alpha value is -2.72. The molecular weight excluding hydrogens is 447 g/mol. The van der Waals surface area contributed by atoms with Crippen LogP contribution in [-0.2, 0) is 4.79 Å². The van der Waals surface area contributed by atoms with Gasteiger partial charge in [-0.3, -0.25) is 4.79 Å². The molecule has 0 saturated carbocycles. The number of amides is 1. The highest BCUT2D eigenvalue weighted by Crippen LogP contribution is 2.36. The molecule has 34 heavy (non-hydrogen) atoms. The number of piperazine rings is 1. The van der Waals surface area contributed by atoms with E-state index in [2.05, 4.69) is 0 Å². The van der Waals surface area contributed by atoms with Crippen LogP contribution in [0.4, 0.5) is 13.2 Å². The lowest BCUT2D eigenvalue weighted by Gasteiger charge is -2.42. The summed E-state index contributed by atoms with van der Waals surface area (Å²) in [6.07, 6.45) is 1.97. The number of carbonyl (C=O) groups excluding carboxylic acids is 1. The Morgan fingerprint density at radius 2 is 1.85 bits per heavy atom. The first-order valence-electron chi connectivity index (χ1n) is 11.5. The Kier molecular flexibility index (Phi) is 9.40.